The molecule has 1 aliphatic rings. The molecule has 0 radical (unpaired) electrons. The molecule has 2 heterocycles. The van der Waals surface area contributed by atoms with E-state index < -0.39 is 0 Å². The monoisotopic (exact) mass is 342 g/mol. The molecule has 0 saturated carbocycles. The zero-order chi connectivity index (χ0) is 16.5. The molecule has 0 unspecified atom stereocenters. The van der Waals surface area contributed by atoms with Crippen molar-refractivity contribution in [3.63, 3.8) is 0 Å². The Morgan fingerprint density at radius 3 is 2.92 bits per heavy atom. The minimum atomic E-state index is -0.301. The summed E-state index contributed by atoms with van der Waals surface area (Å²) >= 11 is 1.57. The van der Waals surface area contributed by atoms with Crippen molar-refractivity contribution in [3.05, 3.63) is 57.3 Å². The maximum absolute atomic E-state index is 12.9. The van der Waals surface area contributed by atoms with Crippen LogP contribution in [0.1, 0.15) is 32.4 Å². The van der Waals surface area contributed by atoms with Crippen molar-refractivity contribution in [2.45, 2.75) is 25.8 Å². The van der Waals surface area contributed by atoms with Gasteiger partial charge in [0.05, 0.1) is 11.4 Å². The van der Waals surface area contributed by atoms with E-state index in [1.807, 2.05) is 6.07 Å². The Balaban J connectivity index is 1.40. The van der Waals surface area contributed by atoms with Crippen molar-refractivity contribution in [2.75, 3.05) is 0 Å². The number of fused-ring (bicyclic) bond motifs is 1. The molecule has 24 heavy (non-hydrogen) atoms. The van der Waals surface area contributed by atoms with Crippen LogP contribution in [0.25, 0.3) is 11.4 Å². The second kappa shape index (κ2) is 6.16. The number of carbonyl (C=O) groups is 1. The van der Waals surface area contributed by atoms with E-state index in [0.717, 1.165) is 23.3 Å². The molecule has 2 aromatic heterocycles. The van der Waals surface area contributed by atoms with Crippen LogP contribution in [0.2, 0.25) is 0 Å². The molecule has 0 atom stereocenters. The highest BCUT2D eigenvalue weighted by Crippen LogP contribution is 2.30. The number of aryl methyl sites for hydroxylation is 2. The van der Waals surface area contributed by atoms with Gasteiger partial charge in [-0.25, -0.2) is 9.37 Å². The molecule has 122 valence electrons. The number of halogens is 1. The van der Waals surface area contributed by atoms with Gasteiger partial charge in [-0.15, -0.1) is 11.3 Å². The number of carbonyl (C=O) groups excluding carboxylic acids is 1. The molecule has 0 saturated heterocycles. The summed E-state index contributed by atoms with van der Waals surface area (Å²) in [4.78, 5) is 18.6. The molecular formula is C17H15FN4OS. The predicted octanol–water partition coefficient (Wildman–Crippen LogP) is 3.09. The van der Waals surface area contributed by atoms with Gasteiger partial charge in [0.15, 0.2) is 5.82 Å². The lowest BCUT2D eigenvalue weighted by Gasteiger charge is -2.00. The Hall–Kier alpha value is -2.54. The molecule has 1 aromatic carbocycles. The Labute approximate surface area is 141 Å². The normalized spacial score (nSPS) is 13.0. The van der Waals surface area contributed by atoms with Gasteiger partial charge in [-0.2, -0.15) is 5.10 Å². The Morgan fingerprint density at radius 2 is 2.12 bits per heavy atom. The van der Waals surface area contributed by atoms with Gasteiger partial charge in [0, 0.05) is 10.4 Å². The number of amides is 1. The van der Waals surface area contributed by atoms with Crippen LogP contribution in [-0.2, 0) is 19.4 Å². The molecule has 1 amide bonds. The third-order valence-electron chi connectivity index (χ3n) is 4.02. The molecule has 7 heteroatoms. The molecule has 4 rings (SSSR count). The lowest BCUT2D eigenvalue weighted by Crippen LogP contribution is -2.22. The maximum Gasteiger partial charge on any atom is 0.261 e. The first-order chi connectivity index (χ1) is 11.7. The molecule has 0 fully saturated rings. The van der Waals surface area contributed by atoms with Gasteiger partial charge < -0.3 is 5.32 Å². The van der Waals surface area contributed by atoms with E-state index in [4.69, 9.17) is 0 Å². The van der Waals surface area contributed by atoms with Crippen molar-refractivity contribution in [1.29, 1.82) is 0 Å². The van der Waals surface area contributed by atoms with Gasteiger partial charge >= 0.3 is 0 Å². The van der Waals surface area contributed by atoms with E-state index in [-0.39, 0.29) is 18.3 Å². The number of aromatic amines is 1. The van der Waals surface area contributed by atoms with Gasteiger partial charge in [-0.1, -0.05) is 0 Å². The third kappa shape index (κ3) is 2.94. The summed E-state index contributed by atoms with van der Waals surface area (Å²) in [5.74, 6) is 0.653. The number of thiophene rings is 1. The van der Waals surface area contributed by atoms with Crippen molar-refractivity contribution in [1.82, 2.24) is 20.5 Å². The number of benzene rings is 1. The summed E-state index contributed by atoms with van der Waals surface area (Å²) in [6.45, 7) is 0.273. The number of hydrogen-bond donors (Lipinski definition) is 2. The SMILES string of the molecule is O=C(NCc1nc(-c2ccc(F)cc2)n[nH]1)c1cc2c(s1)CCC2. The zero-order valence-corrected chi connectivity index (χ0v) is 13.6. The van der Waals surface area contributed by atoms with E-state index in [9.17, 15) is 9.18 Å². The largest absolute Gasteiger partial charge is 0.344 e. The lowest BCUT2D eigenvalue weighted by atomic mass is 10.2. The van der Waals surface area contributed by atoms with Crippen LogP contribution in [0.5, 0.6) is 0 Å². The van der Waals surface area contributed by atoms with E-state index >= 15 is 0 Å². The van der Waals surface area contributed by atoms with Crippen LogP contribution in [0.3, 0.4) is 0 Å². The fraction of sp³-hybridized carbons (Fsp3) is 0.235. The van der Waals surface area contributed by atoms with E-state index in [1.54, 1.807) is 23.5 Å². The van der Waals surface area contributed by atoms with Crippen LogP contribution in [-0.4, -0.2) is 21.1 Å². The van der Waals surface area contributed by atoms with E-state index in [0.29, 0.717) is 11.6 Å². The molecule has 0 aliphatic heterocycles. The summed E-state index contributed by atoms with van der Waals surface area (Å²) in [6.07, 6.45) is 3.34. The number of hydrogen-bond acceptors (Lipinski definition) is 4. The quantitative estimate of drug-likeness (QED) is 0.765. The van der Waals surface area contributed by atoms with Gasteiger partial charge in [0.1, 0.15) is 11.6 Å². The van der Waals surface area contributed by atoms with Crippen LogP contribution in [0.15, 0.2) is 30.3 Å². The molecule has 2 N–H and O–H groups in total. The highest BCUT2D eigenvalue weighted by molar-refractivity contribution is 7.14. The minimum absolute atomic E-state index is 0.0888. The van der Waals surface area contributed by atoms with E-state index in [1.165, 1.54) is 29.0 Å². The number of H-pyrrole nitrogens is 1. The molecule has 1 aliphatic carbocycles. The van der Waals surface area contributed by atoms with Gasteiger partial charge in [-0.05, 0) is 55.2 Å². The van der Waals surface area contributed by atoms with Crippen LogP contribution in [0.4, 0.5) is 4.39 Å². The first kappa shape index (κ1) is 15.0. The minimum Gasteiger partial charge on any atom is -0.344 e. The number of rotatable bonds is 4. The Bertz CT molecular complexity index is 863. The van der Waals surface area contributed by atoms with Gasteiger partial charge in [0.25, 0.3) is 5.91 Å². The van der Waals surface area contributed by atoms with Crippen molar-refractivity contribution in [3.8, 4) is 11.4 Å². The first-order valence-electron chi connectivity index (χ1n) is 7.76. The summed E-state index contributed by atoms with van der Waals surface area (Å²) in [7, 11) is 0. The summed E-state index contributed by atoms with van der Waals surface area (Å²) in [5.41, 5.74) is 2.03. The van der Waals surface area contributed by atoms with Crippen molar-refractivity contribution < 1.29 is 9.18 Å². The maximum atomic E-state index is 12.9. The highest BCUT2D eigenvalue weighted by atomic mass is 32.1. The fourth-order valence-corrected chi connectivity index (χ4v) is 3.96. The lowest BCUT2D eigenvalue weighted by molar-refractivity contribution is 0.0954. The predicted molar refractivity (Wildman–Crippen MR) is 89.3 cm³/mol. The van der Waals surface area contributed by atoms with Crippen LogP contribution in [0, 0.1) is 5.82 Å². The smallest absolute Gasteiger partial charge is 0.261 e. The molecule has 5 nitrogen and oxygen atoms in total. The average Bonchev–Trinajstić information content (AvgIpc) is 3.29. The number of aromatic nitrogens is 3. The van der Waals surface area contributed by atoms with Crippen molar-refractivity contribution >= 4 is 17.2 Å². The summed E-state index contributed by atoms with van der Waals surface area (Å²) < 4.78 is 12.9. The Morgan fingerprint density at radius 1 is 1.29 bits per heavy atom. The van der Waals surface area contributed by atoms with E-state index in [2.05, 4.69) is 20.5 Å². The second-order valence-electron chi connectivity index (χ2n) is 5.71. The molecule has 0 bridgehead atoms. The number of nitrogens with one attached hydrogen (secondary N) is 2. The average molecular weight is 342 g/mol. The Kier molecular flexibility index (Phi) is 3.86. The van der Waals surface area contributed by atoms with Crippen molar-refractivity contribution in [2.24, 2.45) is 0 Å². The molecule has 3 aromatic rings. The zero-order valence-electron chi connectivity index (χ0n) is 12.8. The van der Waals surface area contributed by atoms with Gasteiger partial charge in [-0.3, -0.25) is 9.89 Å². The number of nitrogens with zero attached hydrogens (tertiary/aromatic N) is 2. The second-order valence-corrected chi connectivity index (χ2v) is 6.84. The fourth-order valence-electron chi connectivity index (χ4n) is 2.79. The van der Waals surface area contributed by atoms with Crippen LogP contribution >= 0.6 is 11.3 Å². The molecular weight excluding hydrogens is 327 g/mol. The van der Waals surface area contributed by atoms with Crippen LogP contribution < -0.4 is 5.32 Å². The first-order valence-corrected chi connectivity index (χ1v) is 8.58. The molecule has 0 spiro atoms. The highest BCUT2D eigenvalue weighted by Gasteiger charge is 2.18. The van der Waals surface area contributed by atoms with Gasteiger partial charge in [0.2, 0.25) is 0 Å². The summed E-state index contributed by atoms with van der Waals surface area (Å²) in [5, 5.41) is 9.75. The summed E-state index contributed by atoms with van der Waals surface area (Å²) in [6, 6.07) is 7.96. The third-order valence-corrected chi connectivity index (χ3v) is 5.26. The topological polar surface area (TPSA) is 70.7 Å². The standard InChI is InChI=1S/C17H15FN4OS/c18-12-6-4-10(5-7-12)16-20-15(21-22-16)9-19-17(23)14-8-11-2-1-3-13(11)24-14/h4-8H,1-3,9H2,(H,19,23)(H,20,21,22).